The lowest BCUT2D eigenvalue weighted by molar-refractivity contribution is 0.0777. The molecule has 0 bridgehead atoms. The zero-order valence-corrected chi connectivity index (χ0v) is 15.6. The molecule has 1 fully saturated rings. The molecule has 1 saturated heterocycles. The summed E-state index contributed by atoms with van der Waals surface area (Å²) in [5.74, 6) is 0.730. The van der Waals surface area contributed by atoms with Crippen molar-refractivity contribution in [3.63, 3.8) is 0 Å². The van der Waals surface area contributed by atoms with Gasteiger partial charge in [-0.25, -0.2) is 0 Å². The van der Waals surface area contributed by atoms with Gasteiger partial charge >= 0.3 is 0 Å². The number of allylic oxidation sites excluding steroid dienone is 1. The van der Waals surface area contributed by atoms with E-state index >= 15 is 0 Å². The van der Waals surface area contributed by atoms with E-state index in [2.05, 4.69) is 11.8 Å². The third kappa shape index (κ3) is 3.71. The van der Waals surface area contributed by atoms with Crippen LogP contribution < -0.4 is 5.56 Å². The Kier molecular flexibility index (Phi) is 5.42. The molecule has 0 aromatic carbocycles. The third-order valence-electron chi connectivity index (χ3n) is 5.73. The summed E-state index contributed by atoms with van der Waals surface area (Å²) >= 11 is 0. The van der Waals surface area contributed by atoms with Crippen molar-refractivity contribution in [1.29, 1.82) is 0 Å². The Bertz CT molecular complexity index is 727. The maximum atomic E-state index is 12.9. The number of rotatable bonds is 5. The van der Waals surface area contributed by atoms with E-state index in [4.69, 9.17) is 0 Å². The molecule has 1 aliphatic heterocycles. The van der Waals surface area contributed by atoms with Crippen LogP contribution in [0.4, 0.5) is 0 Å². The number of aromatic nitrogens is 1. The highest BCUT2D eigenvalue weighted by Gasteiger charge is 2.23. The summed E-state index contributed by atoms with van der Waals surface area (Å²) in [6, 6.07) is 0. The second kappa shape index (κ2) is 7.56. The number of carbonyl (C=O) groups excluding carboxylic acids is 1. The molecule has 0 atom stereocenters. The summed E-state index contributed by atoms with van der Waals surface area (Å²) in [4.78, 5) is 29.4. The molecular weight excluding hydrogens is 314 g/mol. The first-order valence-corrected chi connectivity index (χ1v) is 9.38. The molecular formula is C20H29N3O2. The van der Waals surface area contributed by atoms with Crippen LogP contribution in [-0.4, -0.2) is 53.5 Å². The molecule has 0 unspecified atom stereocenters. The molecule has 0 radical (unpaired) electrons. The number of carbonyl (C=O) groups is 1. The standard InChI is InChI=1S/C20H29N3O2/c1-4-23-12-9-15(10-13-23)8-11-21(2)20(25)18-14-22(3)19(24)17-7-5-6-16(17)18/h5-6,14-15H,4,7-13H2,1-3H3. The monoisotopic (exact) mass is 343 g/mol. The first-order chi connectivity index (χ1) is 12.0. The largest absolute Gasteiger partial charge is 0.342 e. The van der Waals surface area contributed by atoms with Gasteiger partial charge in [0.05, 0.1) is 5.56 Å². The average molecular weight is 343 g/mol. The van der Waals surface area contributed by atoms with Crippen molar-refractivity contribution >= 4 is 12.0 Å². The third-order valence-corrected chi connectivity index (χ3v) is 5.73. The topological polar surface area (TPSA) is 45.5 Å². The van der Waals surface area contributed by atoms with E-state index in [1.807, 2.05) is 24.1 Å². The molecule has 0 saturated carbocycles. The Labute approximate surface area is 149 Å². The van der Waals surface area contributed by atoms with Gasteiger partial charge in [-0.1, -0.05) is 19.1 Å². The fourth-order valence-corrected chi connectivity index (χ4v) is 3.94. The molecule has 1 aliphatic carbocycles. The van der Waals surface area contributed by atoms with Crippen LogP contribution in [0.3, 0.4) is 0 Å². The first-order valence-electron chi connectivity index (χ1n) is 9.38. The van der Waals surface area contributed by atoms with E-state index in [1.165, 1.54) is 30.5 Å². The molecule has 25 heavy (non-hydrogen) atoms. The minimum Gasteiger partial charge on any atom is -0.342 e. The highest BCUT2D eigenvalue weighted by atomic mass is 16.2. The minimum atomic E-state index is 0.00175. The van der Waals surface area contributed by atoms with Crippen LogP contribution in [0, 0.1) is 5.92 Å². The van der Waals surface area contributed by atoms with Gasteiger partial charge in [0, 0.05) is 32.4 Å². The molecule has 136 valence electrons. The van der Waals surface area contributed by atoms with E-state index in [0.29, 0.717) is 17.9 Å². The van der Waals surface area contributed by atoms with Gasteiger partial charge in [-0.15, -0.1) is 0 Å². The lowest BCUT2D eigenvalue weighted by atomic mass is 9.93. The maximum Gasteiger partial charge on any atom is 0.255 e. The number of likely N-dealkylation sites (tertiary alicyclic amines) is 1. The van der Waals surface area contributed by atoms with Crippen molar-refractivity contribution in [2.45, 2.75) is 32.6 Å². The van der Waals surface area contributed by atoms with E-state index in [-0.39, 0.29) is 11.5 Å². The number of nitrogens with zero attached hydrogens (tertiary/aromatic N) is 3. The van der Waals surface area contributed by atoms with Gasteiger partial charge in [-0.3, -0.25) is 9.59 Å². The number of amides is 1. The van der Waals surface area contributed by atoms with Crippen molar-refractivity contribution in [1.82, 2.24) is 14.4 Å². The van der Waals surface area contributed by atoms with Gasteiger partial charge in [0.25, 0.3) is 11.5 Å². The Hall–Kier alpha value is -1.88. The Morgan fingerprint density at radius 3 is 2.72 bits per heavy atom. The maximum absolute atomic E-state index is 12.9. The van der Waals surface area contributed by atoms with Crippen molar-refractivity contribution < 1.29 is 4.79 Å². The quantitative estimate of drug-likeness (QED) is 0.823. The molecule has 2 aliphatic rings. The number of aryl methyl sites for hydroxylation is 1. The second-order valence-corrected chi connectivity index (χ2v) is 7.35. The highest BCUT2D eigenvalue weighted by Crippen LogP contribution is 2.23. The van der Waals surface area contributed by atoms with Gasteiger partial charge in [-0.2, -0.15) is 0 Å². The fourth-order valence-electron chi connectivity index (χ4n) is 3.94. The zero-order chi connectivity index (χ0) is 18.0. The summed E-state index contributed by atoms with van der Waals surface area (Å²) in [6.45, 7) is 6.48. The van der Waals surface area contributed by atoms with Crippen LogP contribution in [-0.2, 0) is 13.5 Å². The van der Waals surface area contributed by atoms with E-state index in [9.17, 15) is 9.59 Å². The second-order valence-electron chi connectivity index (χ2n) is 7.35. The highest BCUT2D eigenvalue weighted by molar-refractivity contribution is 5.98. The molecule has 1 aromatic heterocycles. The predicted octanol–water partition coefficient (Wildman–Crippen LogP) is 2.15. The Morgan fingerprint density at radius 2 is 2.04 bits per heavy atom. The summed E-state index contributed by atoms with van der Waals surface area (Å²) in [7, 11) is 3.60. The summed E-state index contributed by atoms with van der Waals surface area (Å²) < 4.78 is 1.54. The van der Waals surface area contributed by atoms with Crippen LogP contribution in [0.2, 0.25) is 0 Å². The van der Waals surface area contributed by atoms with Gasteiger partial charge in [-0.05, 0) is 56.8 Å². The van der Waals surface area contributed by atoms with Gasteiger partial charge in [0.2, 0.25) is 0 Å². The molecule has 0 N–H and O–H groups in total. The summed E-state index contributed by atoms with van der Waals surface area (Å²) in [5, 5.41) is 0. The molecule has 1 aromatic rings. The lowest BCUT2D eigenvalue weighted by Crippen LogP contribution is -2.36. The molecule has 5 heteroatoms. The minimum absolute atomic E-state index is 0.00175. The molecule has 3 rings (SSSR count). The Balaban J connectivity index is 1.64. The molecule has 5 nitrogen and oxygen atoms in total. The smallest absolute Gasteiger partial charge is 0.255 e. The van der Waals surface area contributed by atoms with E-state index < -0.39 is 0 Å². The van der Waals surface area contributed by atoms with Crippen molar-refractivity contribution in [2.75, 3.05) is 33.2 Å². The van der Waals surface area contributed by atoms with Gasteiger partial charge < -0.3 is 14.4 Å². The summed E-state index contributed by atoms with van der Waals surface area (Å²) in [6.07, 6.45) is 9.71. The molecule has 1 amide bonds. The van der Waals surface area contributed by atoms with Crippen molar-refractivity contribution in [3.05, 3.63) is 39.3 Å². The van der Waals surface area contributed by atoms with Crippen molar-refractivity contribution in [3.8, 4) is 0 Å². The normalized spacial score (nSPS) is 17.7. The van der Waals surface area contributed by atoms with E-state index in [0.717, 1.165) is 30.6 Å². The predicted molar refractivity (Wildman–Crippen MR) is 101 cm³/mol. The van der Waals surface area contributed by atoms with Crippen molar-refractivity contribution in [2.24, 2.45) is 13.0 Å². The number of hydrogen-bond acceptors (Lipinski definition) is 3. The van der Waals surface area contributed by atoms with Crippen LogP contribution in [0.25, 0.3) is 6.08 Å². The number of hydrogen-bond donors (Lipinski definition) is 0. The summed E-state index contributed by atoms with van der Waals surface area (Å²) in [5.41, 5.74) is 2.21. The molecule has 2 heterocycles. The number of pyridine rings is 1. The zero-order valence-electron chi connectivity index (χ0n) is 15.6. The average Bonchev–Trinajstić information content (AvgIpc) is 3.12. The Morgan fingerprint density at radius 1 is 1.32 bits per heavy atom. The van der Waals surface area contributed by atoms with Gasteiger partial charge in [0.15, 0.2) is 0 Å². The van der Waals surface area contributed by atoms with Crippen LogP contribution in [0.5, 0.6) is 0 Å². The fraction of sp³-hybridized carbons (Fsp3) is 0.600. The molecule has 0 spiro atoms. The van der Waals surface area contributed by atoms with Crippen LogP contribution in [0.1, 0.15) is 47.7 Å². The lowest BCUT2D eigenvalue weighted by Gasteiger charge is -2.32. The van der Waals surface area contributed by atoms with Crippen LogP contribution in [0.15, 0.2) is 17.1 Å². The number of fused-ring (bicyclic) bond motifs is 1. The van der Waals surface area contributed by atoms with Crippen LogP contribution >= 0.6 is 0 Å². The van der Waals surface area contributed by atoms with E-state index in [1.54, 1.807) is 13.2 Å². The first kappa shape index (κ1) is 17.9. The SMILES string of the molecule is CCN1CCC(CCN(C)C(=O)c2cn(C)c(=O)c3c2C=CC3)CC1. The van der Waals surface area contributed by atoms with Gasteiger partial charge in [0.1, 0.15) is 0 Å². The number of piperidine rings is 1.